The quantitative estimate of drug-likeness (QED) is 0.506. The fraction of sp³-hybridized carbons (Fsp3) is 0.500. The fourth-order valence-electron chi connectivity index (χ4n) is 0.739. The smallest absolute Gasteiger partial charge is 0.387 e. The zero-order valence-electron chi connectivity index (χ0n) is 7.34. The Kier molecular flexibility index (Phi) is 5.25. The number of rotatable bonds is 5. The second-order valence-corrected chi connectivity index (χ2v) is 2.38. The largest absolute Gasteiger partial charge is 0.435 e. The summed E-state index contributed by atoms with van der Waals surface area (Å²) in [5.74, 6) is -0.132. The normalized spacial score (nSPS) is 15.2. The Morgan fingerprint density at radius 3 is 2.54 bits per heavy atom. The van der Waals surface area contributed by atoms with Crippen molar-refractivity contribution in [3.63, 3.8) is 0 Å². The molecule has 0 aliphatic carbocycles. The molecule has 0 aliphatic rings. The van der Waals surface area contributed by atoms with Crippen molar-refractivity contribution in [3.05, 3.63) is 24.0 Å². The van der Waals surface area contributed by atoms with Crippen molar-refractivity contribution < 1.29 is 18.6 Å². The first-order valence-corrected chi connectivity index (χ1v) is 3.69. The topological polar surface area (TPSA) is 55.5 Å². The summed E-state index contributed by atoms with van der Waals surface area (Å²) >= 11 is 0. The van der Waals surface area contributed by atoms with Crippen LogP contribution in [0.1, 0.15) is 6.92 Å². The van der Waals surface area contributed by atoms with Gasteiger partial charge in [-0.05, 0) is 18.6 Å². The molecule has 76 valence electrons. The average Bonchev–Trinajstić information content (AvgIpc) is 2.11. The Morgan fingerprint density at radius 2 is 2.23 bits per heavy atom. The van der Waals surface area contributed by atoms with Crippen LogP contribution in [0.3, 0.4) is 0 Å². The van der Waals surface area contributed by atoms with Crippen molar-refractivity contribution in [1.82, 2.24) is 0 Å². The van der Waals surface area contributed by atoms with E-state index in [2.05, 4.69) is 11.3 Å². The summed E-state index contributed by atoms with van der Waals surface area (Å²) < 4.78 is 27.7. The van der Waals surface area contributed by atoms with Crippen LogP contribution >= 0.6 is 0 Å². The molecule has 5 heteroatoms. The van der Waals surface area contributed by atoms with E-state index in [1.807, 2.05) is 0 Å². The van der Waals surface area contributed by atoms with Gasteiger partial charge in [0.1, 0.15) is 5.76 Å². The number of alkyl halides is 2. The zero-order valence-corrected chi connectivity index (χ0v) is 7.34. The molecule has 13 heavy (non-hydrogen) atoms. The third-order valence-corrected chi connectivity index (χ3v) is 1.51. The van der Waals surface area contributed by atoms with Crippen LogP contribution in [0.5, 0.6) is 0 Å². The molecule has 0 saturated carbocycles. The maximum absolute atomic E-state index is 11.8. The van der Waals surface area contributed by atoms with Crippen molar-refractivity contribution in [1.29, 1.82) is 0 Å². The molecular formula is C8H13F2NO2. The van der Waals surface area contributed by atoms with Gasteiger partial charge in [-0.3, -0.25) is 0 Å². The number of hydrogen-bond donors (Lipinski definition) is 2. The van der Waals surface area contributed by atoms with Crippen LogP contribution in [0.2, 0.25) is 0 Å². The molecule has 0 rings (SSSR count). The van der Waals surface area contributed by atoms with Crippen LogP contribution in [0.15, 0.2) is 24.0 Å². The molecule has 0 radical (unpaired) electrons. The number of nitrogens with two attached hydrogens (primary N) is 1. The molecule has 0 bridgehead atoms. The first-order valence-electron chi connectivity index (χ1n) is 3.69. The van der Waals surface area contributed by atoms with Gasteiger partial charge in [0, 0.05) is 6.54 Å². The molecule has 3 N–H and O–H groups in total. The highest BCUT2D eigenvalue weighted by Gasteiger charge is 2.12. The highest BCUT2D eigenvalue weighted by atomic mass is 19.3. The number of allylic oxidation sites excluding steroid dienone is 1. The van der Waals surface area contributed by atoms with E-state index >= 15 is 0 Å². The number of ether oxygens (including phenoxy) is 1. The van der Waals surface area contributed by atoms with Crippen LogP contribution in [0, 0.1) is 0 Å². The second-order valence-electron chi connectivity index (χ2n) is 2.38. The van der Waals surface area contributed by atoms with Crippen molar-refractivity contribution >= 4 is 0 Å². The van der Waals surface area contributed by atoms with Crippen LogP contribution < -0.4 is 5.73 Å². The van der Waals surface area contributed by atoms with Crippen molar-refractivity contribution in [3.8, 4) is 0 Å². The third kappa shape index (κ3) is 4.00. The molecule has 0 spiro atoms. The van der Waals surface area contributed by atoms with Crippen LogP contribution in [0.4, 0.5) is 8.78 Å². The predicted molar refractivity (Wildman–Crippen MR) is 45.0 cm³/mol. The molecule has 0 heterocycles. The van der Waals surface area contributed by atoms with Gasteiger partial charge < -0.3 is 15.6 Å². The third-order valence-electron chi connectivity index (χ3n) is 1.51. The molecule has 1 unspecified atom stereocenters. The van der Waals surface area contributed by atoms with Gasteiger partial charge in [0.15, 0.2) is 0 Å². The Bertz CT molecular complexity index is 204. The van der Waals surface area contributed by atoms with Gasteiger partial charge in [-0.2, -0.15) is 8.78 Å². The lowest BCUT2D eigenvalue weighted by Crippen LogP contribution is -2.22. The van der Waals surface area contributed by atoms with E-state index in [1.165, 1.54) is 6.92 Å². The Labute approximate surface area is 75.5 Å². The molecule has 0 saturated heterocycles. The summed E-state index contributed by atoms with van der Waals surface area (Å²) in [6.07, 6.45) is 0.132. The van der Waals surface area contributed by atoms with Gasteiger partial charge in [-0.1, -0.05) is 6.58 Å². The van der Waals surface area contributed by atoms with Gasteiger partial charge in [-0.25, -0.2) is 0 Å². The lowest BCUT2D eigenvalue weighted by molar-refractivity contribution is -0.0937. The van der Waals surface area contributed by atoms with Gasteiger partial charge in [0.05, 0.1) is 6.10 Å². The average molecular weight is 193 g/mol. The van der Waals surface area contributed by atoms with Crippen LogP contribution in [-0.4, -0.2) is 24.4 Å². The maximum Gasteiger partial charge on any atom is 0.387 e. The summed E-state index contributed by atoms with van der Waals surface area (Å²) in [6, 6.07) is 0. The Balaban J connectivity index is 4.57. The molecule has 0 fully saturated rings. The number of halogens is 2. The van der Waals surface area contributed by atoms with E-state index in [4.69, 9.17) is 5.73 Å². The SMILES string of the molecule is C=C/C(OC(F)F)=C(\C)C(O)CN. The second kappa shape index (κ2) is 5.66. The van der Waals surface area contributed by atoms with Crippen LogP contribution in [-0.2, 0) is 4.74 Å². The van der Waals surface area contributed by atoms with Crippen molar-refractivity contribution in [2.45, 2.75) is 19.6 Å². The monoisotopic (exact) mass is 193 g/mol. The number of hydrogen-bond acceptors (Lipinski definition) is 3. The molecule has 0 aromatic heterocycles. The predicted octanol–water partition coefficient (Wildman–Crippen LogP) is 1.01. The lowest BCUT2D eigenvalue weighted by Gasteiger charge is -2.13. The van der Waals surface area contributed by atoms with E-state index in [1.54, 1.807) is 0 Å². The minimum absolute atomic E-state index is 0.0459. The molecule has 0 aromatic rings. The number of aliphatic hydroxyl groups excluding tert-OH is 1. The van der Waals surface area contributed by atoms with Crippen molar-refractivity contribution in [2.75, 3.05) is 6.54 Å². The van der Waals surface area contributed by atoms with Gasteiger partial charge in [0.25, 0.3) is 0 Å². The van der Waals surface area contributed by atoms with Crippen molar-refractivity contribution in [2.24, 2.45) is 5.73 Å². The minimum Gasteiger partial charge on any atom is -0.435 e. The fourth-order valence-corrected chi connectivity index (χ4v) is 0.739. The molecule has 0 aromatic carbocycles. The van der Waals surface area contributed by atoms with E-state index < -0.39 is 12.7 Å². The first kappa shape index (κ1) is 12.1. The molecule has 0 amide bonds. The summed E-state index contributed by atoms with van der Waals surface area (Å²) in [7, 11) is 0. The highest BCUT2D eigenvalue weighted by molar-refractivity contribution is 5.20. The summed E-state index contributed by atoms with van der Waals surface area (Å²) in [6.45, 7) is 1.77. The Hall–Kier alpha value is -0.940. The molecule has 1 atom stereocenters. The molecule has 0 aliphatic heterocycles. The van der Waals surface area contributed by atoms with E-state index in [-0.39, 0.29) is 17.9 Å². The summed E-state index contributed by atoms with van der Waals surface area (Å²) in [5, 5.41) is 9.19. The lowest BCUT2D eigenvalue weighted by atomic mass is 10.1. The number of aliphatic hydroxyl groups is 1. The highest BCUT2D eigenvalue weighted by Crippen LogP contribution is 2.14. The van der Waals surface area contributed by atoms with E-state index in [0.29, 0.717) is 0 Å². The standard InChI is InChI=1S/C8H13F2NO2/c1-3-7(13-8(9)10)5(2)6(12)4-11/h3,6,8,12H,1,4,11H2,2H3/b7-5-. The molecule has 3 nitrogen and oxygen atoms in total. The molecular weight excluding hydrogens is 180 g/mol. The van der Waals surface area contributed by atoms with Crippen LogP contribution in [0.25, 0.3) is 0 Å². The first-order chi connectivity index (χ1) is 6.02. The Morgan fingerprint density at radius 1 is 1.69 bits per heavy atom. The minimum atomic E-state index is -2.92. The maximum atomic E-state index is 11.8. The zero-order chi connectivity index (χ0) is 10.4. The van der Waals surface area contributed by atoms with Gasteiger partial charge >= 0.3 is 6.61 Å². The van der Waals surface area contributed by atoms with Gasteiger partial charge in [-0.15, -0.1) is 0 Å². The van der Waals surface area contributed by atoms with Gasteiger partial charge in [0.2, 0.25) is 0 Å². The summed E-state index contributed by atoms with van der Waals surface area (Å²) in [5.41, 5.74) is 5.38. The van der Waals surface area contributed by atoms with E-state index in [9.17, 15) is 13.9 Å². The summed E-state index contributed by atoms with van der Waals surface area (Å²) in [4.78, 5) is 0. The van der Waals surface area contributed by atoms with E-state index in [0.717, 1.165) is 6.08 Å².